The van der Waals surface area contributed by atoms with Crippen molar-refractivity contribution >= 4 is 22.9 Å². The van der Waals surface area contributed by atoms with E-state index < -0.39 is 0 Å². The Morgan fingerprint density at radius 2 is 2.30 bits per heavy atom. The molecule has 0 aliphatic rings. The van der Waals surface area contributed by atoms with Crippen molar-refractivity contribution in [2.24, 2.45) is 5.73 Å². The van der Waals surface area contributed by atoms with Gasteiger partial charge >= 0.3 is 0 Å². The summed E-state index contributed by atoms with van der Waals surface area (Å²) in [4.78, 5) is 4.53. The molecule has 0 radical (unpaired) electrons. The molecule has 0 spiro atoms. The molecule has 6 heteroatoms. The van der Waals surface area contributed by atoms with Gasteiger partial charge in [-0.3, -0.25) is 0 Å². The van der Waals surface area contributed by atoms with E-state index in [1.807, 2.05) is 25.1 Å². The number of thiocarbonyl (C=S) groups is 1. The van der Waals surface area contributed by atoms with Crippen LogP contribution in [-0.4, -0.2) is 17.1 Å². The van der Waals surface area contributed by atoms with Crippen LogP contribution in [0.4, 0.5) is 5.69 Å². The standard InChI is InChI=1S/C14H17N3O2S/c1-3-9-7-17-13(19-9)8-16-12-6-10(18-2)4-5-11(12)14(15)20/h4-7,16H,3,8H2,1-2H3,(H2,15,20). The number of nitrogens with two attached hydrogens (primary N) is 1. The number of rotatable bonds is 6. The molecule has 0 atom stereocenters. The second kappa shape index (κ2) is 6.38. The number of ether oxygens (including phenoxy) is 1. The summed E-state index contributed by atoms with van der Waals surface area (Å²) in [6.45, 7) is 2.48. The fraction of sp³-hybridized carbons (Fsp3) is 0.286. The Balaban J connectivity index is 2.16. The number of oxazole rings is 1. The average Bonchev–Trinajstić information content (AvgIpc) is 2.92. The van der Waals surface area contributed by atoms with E-state index in [0.717, 1.165) is 29.2 Å². The molecular formula is C14H17N3O2S. The van der Waals surface area contributed by atoms with Crippen molar-refractivity contribution in [1.82, 2.24) is 4.98 Å². The van der Waals surface area contributed by atoms with Gasteiger partial charge in [0.1, 0.15) is 16.5 Å². The molecule has 20 heavy (non-hydrogen) atoms. The molecule has 2 aromatic rings. The van der Waals surface area contributed by atoms with E-state index in [9.17, 15) is 0 Å². The lowest BCUT2D eigenvalue weighted by Crippen LogP contribution is -2.13. The summed E-state index contributed by atoms with van der Waals surface area (Å²) >= 11 is 5.04. The van der Waals surface area contributed by atoms with Crippen LogP contribution in [-0.2, 0) is 13.0 Å². The van der Waals surface area contributed by atoms with Crippen LogP contribution >= 0.6 is 12.2 Å². The minimum atomic E-state index is 0.330. The van der Waals surface area contributed by atoms with Crippen molar-refractivity contribution in [3.8, 4) is 5.75 Å². The maximum Gasteiger partial charge on any atom is 0.213 e. The lowest BCUT2D eigenvalue weighted by molar-refractivity contribution is 0.415. The van der Waals surface area contributed by atoms with Gasteiger partial charge in [-0.15, -0.1) is 0 Å². The van der Waals surface area contributed by atoms with Gasteiger partial charge in [0, 0.05) is 23.7 Å². The van der Waals surface area contributed by atoms with Gasteiger partial charge in [0.15, 0.2) is 0 Å². The first-order valence-electron chi connectivity index (χ1n) is 6.29. The van der Waals surface area contributed by atoms with E-state index in [0.29, 0.717) is 17.4 Å². The lowest BCUT2D eigenvalue weighted by Gasteiger charge is -2.11. The molecule has 0 bridgehead atoms. The molecule has 2 rings (SSSR count). The third-order valence-electron chi connectivity index (χ3n) is 2.87. The first-order chi connectivity index (χ1) is 9.63. The number of methoxy groups -OCH3 is 1. The summed E-state index contributed by atoms with van der Waals surface area (Å²) < 4.78 is 10.7. The van der Waals surface area contributed by atoms with Crippen LogP contribution in [0, 0.1) is 0 Å². The van der Waals surface area contributed by atoms with Gasteiger partial charge in [0.2, 0.25) is 5.89 Å². The first kappa shape index (κ1) is 14.3. The fourth-order valence-corrected chi connectivity index (χ4v) is 1.95. The minimum absolute atomic E-state index is 0.330. The van der Waals surface area contributed by atoms with Crippen LogP contribution in [0.2, 0.25) is 0 Å². The van der Waals surface area contributed by atoms with Crippen LogP contribution in [0.5, 0.6) is 5.75 Å². The van der Waals surface area contributed by atoms with Crippen molar-refractivity contribution in [2.45, 2.75) is 19.9 Å². The SMILES string of the molecule is CCc1cnc(CNc2cc(OC)ccc2C(N)=S)o1. The number of aromatic nitrogens is 1. The molecule has 1 heterocycles. The predicted octanol–water partition coefficient (Wildman–Crippen LogP) is 2.49. The topological polar surface area (TPSA) is 73.3 Å². The molecule has 0 fully saturated rings. The van der Waals surface area contributed by atoms with Crippen LogP contribution in [0.3, 0.4) is 0 Å². The van der Waals surface area contributed by atoms with Crippen molar-refractivity contribution in [3.05, 3.63) is 41.6 Å². The van der Waals surface area contributed by atoms with Crippen molar-refractivity contribution in [2.75, 3.05) is 12.4 Å². The lowest BCUT2D eigenvalue weighted by atomic mass is 10.1. The van der Waals surface area contributed by atoms with Crippen molar-refractivity contribution < 1.29 is 9.15 Å². The monoisotopic (exact) mass is 291 g/mol. The normalized spacial score (nSPS) is 10.3. The average molecular weight is 291 g/mol. The quantitative estimate of drug-likeness (QED) is 0.797. The Bertz CT molecular complexity index is 610. The number of nitrogens with zero attached hydrogens (tertiary/aromatic N) is 1. The zero-order valence-corrected chi connectivity index (χ0v) is 12.3. The van der Waals surface area contributed by atoms with E-state index in [1.54, 1.807) is 13.3 Å². The van der Waals surface area contributed by atoms with E-state index in [-0.39, 0.29) is 0 Å². The Morgan fingerprint density at radius 1 is 1.50 bits per heavy atom. The van der Waals surface area contributed by atoms with Gasteiger partial charge < -0.3 is 20.2 Å². The summed E-state index contributed by atoms with van der Waals surface area (Å²) in [5.41, 5.74) is 7.28. The van der Waals surface area contributed by atoms with Gasteiger partial charge in [-0.25, -0.2) is 4.98 Å². The van der Waals surface area contributed by atoms with Gasteiger partial charge in [-0.05, 0) is 12.1 Å². The molecule has 0 aliphatic carbocycles. The van der Waals surface area contributed by atoms with E-state index in [2.05, 4.69) is 10.3 Å². The summed E-state index contributed by atoms with van der Waals surface area (Å²) in [6, 6.07) is 5.49. The fourth-order valence-electron chi connectivity index (χ4n) is 1.78. The Morgan fingerprint density at radius 3 is 2.90 bits per heavy atom. The summed E-state index contributed by atoms with van der Waals surface area (Å²) in [6.07, 6.45) is 2.56. The molecule has 106 valence electrons. The van der Waals surface area contributed by atoms with Crippen molar-refractivity contribution in [1.29, 1.82) is 0 Å². The second-order valence-corrected chi connectivity index (χ2v) is 4.64. The number of benzene rings is 1. The Hall–Kier alpha value is -2.08. The molecule has 0 saturated heterocycles. The highest BCUT2D eigenvalue weighted by Gasteiger charge is 2.08. The first-order valence-corrected chi connectivity index (χ1v) is 6.70. The smallest absolute Gasteiger partial charge is 0.213 e. The molecule has 3 N–H and O–H groups in total. The number of aryl methyl sites for hydroxylation is 1. The molecule has 0 aliphatic heterocycles. The highest BCUT2D eigenvalue weighted by atomic mass is 32.1. The summed E-state index contributed by atoms with van der Waals surface area (Å²) in [7, 11) is 1.61. The van der Waals surface area contributed by atoms with E-state index in [1.165, 1.54) is 0 Å². The zero-order chi connectivity index (χ0) is 14.5. The maximum atomic E-state index is 5.71. The van der Waals surface area contributed by atoms with Crippen LogP contribution < -0.4 is 15.8 Å². The predicted molar refractivity (Wildman–Crippen MR) is 82.1 cm³/mol. The highest BCUT2D eigenvalue weighted by Crippen LogP contribution is 2.23. The van der Waals surface area contributed by atoms with Gasteiger partial charge in [0.25, 0.3) is 0 Å². The largest absolute Gasteiger partial charge is 0.497 e. The zero-order valence-electron chi connectivity index (χ0n) is 11.5. The second-order valence-electron chi connectivity index (χ2n) is 4.20. The molecule has 0 unspecified atom stereocenters. The van der Waals surface area contributed by atoms with Gasteiger partial charge in [-0.2, -0.15) is 0 Å². The highest BCUT2D eigenvalue weighted by molar-refractivity contribution is 7.80. The molecule has 0 amide bonds. The minimum Gasteiger partial charge on any atom is -0.497 e. The van der Waals surface area contributed by atoms with Crippen LogP contribution in [0.1, 0.15) is 24.1 Å². The number of hydrogen-bond donors (Lipinski definition) is 2. The molecule has 5 nitrogen and oxygen atoms in total. The molecule has 1 aromatic heterocycles. The molecular weight excluding hydrogens is 274 g/mol. The Labute approximate surface area is 123 Å². The molecule has 1 aromatic carbocycles. The number of anilines is 1. The van der Waals surface area contributed by atoms with Crippen molar-refractivity contribution in [3.63, 3.8) is 0 Å². The summed E-state index contributed by atoms with van der Waals surface area (Å²) in [5, 5.41) is 3.22. The Kier molecular flexibility index (Phi) is 4.57. The van der Waals surface area contributed by atoms with Gasteiger partial charge in [-0.1, -0.05) is 19.1 Å². The van der Waals surface area contributed by atoms with E-state index in [4.69, 9.17) is 27.1 Å². The van der Waals surface area contributed by atoms with Crippen LogP contribution in [0.25, 0.3) is 0 Å². The summed E-state index contributed by atoms with van der Waals surface area (Å²) in [5.74, 6) is 2.22. The van der Waals surface area contributed by atoms with E-state index >= 15 is 0 Å². The third-order valence-corrected chi connectivity index (χ3v) is 3.09. The van der Waals surface area contributed by atoms with Crippen LogP contribution in [0.15, 0.2) is 28.8 Å². The maximum absolute atomic E-state index is 5.71. The number of hydrogen-bond acceptors (Lipinski definition) is 5. The third kappa shape index (κ3) is 3.27. The number of nitrogens with one attached hydrogen (secondary N) is 1. The molecule has 0 saturated carbocycles. The van der Waals surface area contributed by atoms with Gasteiger partial charge in [0.05, 0.1) is 19.9 Å².